The lowest BCUT2D eigenvalue weighted by Gasteiger charge is -2.10. The molecular formula is C12H17FOS. The summed E-state index contributed by atoms with van der Waals surface area (Å²) in [4.78, 5) is 0.985. The molecule has 1 aromatic rings. The topological polar surface area (TPSA) is 20.2 Å². The van der Waals surface area contributed by atoms with E-state index < -0.39 is 0 Å². The zero-order chi connectivity index (χ0) is 11.3. The van der Waals surface area contributed by atoms with Gasteiger partial charge in [0, 0.05) is 10.6 Å². The quantitative estimate of drug-likeness (QED) is 0.779. The van der Waals surface area contributed by atoms with Gasteiger partial charge in [0.25, 0.3) is 0 Å². The molecule has 0 aromatic heterocycles. The van der Waals surface area contributed by atoms with Gasteiger partial charge in [-0.2, -0.15) is 0 Å². The van der Waals surface area contributed by atoms with Gasteiger partial charge in [0.15, 0.2) is 0 Å². The van der Waals surface area contributed by atoms with Crippen LogP contribution in [0.1, 0.15) is 25.8 Å². The lowest BCUT2D eigenvalue weighted by molar-refractivity contribution is 0.278. The van der Waals surface area contributed by atoms with Crippen LogP contribution in [-0.2, 0) is 6.61 Å². The zero-order valence-corrected chi connectivity index (χ0v) is 9.98. The molecule has 1 rings (SSSR count). The average Bonchev–Trinajstić information content (AvgIpc) is 2.26. The maximum absolute atomic E-state index is 12.9. The third-order valence-corrected chi connectivity index (χ3v) is 3.86. The molecule has 0 aliphatic carbocycles. The first-order valence-electron chi connectivity index (χ1n) is 5.19. The number of hydrogen-bond acceptors (Lipinski definition) is 2. The van der Waals surface area contributed by atoms with Crippen LogP contribution in [0.2, 0.25) is 0 Å². The van der Waals surface area contributed by atoms with Crippen molar-refractivity contribution in [3.8, 4) is 0 Å². The van der Waals surface area contributed by atoms with Crippen LogP contribution in [0.4, 0.5) is 4.39 Å². The van der Waals surface area contributed by atoms with Gasteiger partial charge in [-0.05, 0) is 29.7 Å². The van der Waals surface area contributed by atoms with Crippen molar-refractivity contribution in [2.45, 2.75) is 31.8 Å². The summed E-state index contributed by atoms with van der Waals surface area (Å²) in [5, 5.41) is 9.09. The molecule has 0 saturated heterocycles. The standard InChI is InChI=1S/C12H17FOS/c1-3-9(2)8-15-12-5-4-11(13)6-10(12)7-14/h4-6,9,14H,3,7-8H2,1-2H3. The van der Waals surface area contributed by atoms with Crippen LogP contribution < -0.4 is 0 Å². The molecule has 15 heavy (non-hydrogen) atoms. The van der Waals surface area contributed by atoms with Crippen molar-refractivity contribution in [2.24, 2.45) is 5.92 Å². The van der Waals surface area contributed by atoms with Gasteiger partial charge in [0.05, 0.1) is 6.61 Å². The second-order valence-electron chi connectivity index (χ2n) is 3.73. The van der Waals surface area contributed by atoms with Gasteiger partial charge in [-0.3, -0.25) is 0 Å². The third kappa shape index (κ3) is 3.84. The molecule has 0 fully saturated rings. The second-order valence-corrected chi connectivity index (χ2v) is 4.80. The highest BCUT2D eigenvalue weighted by atomic mass is 32.2. The van der Waals surface area contributed by atoms with Gasteiger partial charge >= 0.3 is 0 Å². The number of aliphatic hydroxyl groups excluding tert-OH is 1. The fraction of sp³-hybridized carbons (Fsp3) is 0.500. The Morgan fingerprint density at radius 1 is 1.47 bits per heavy atom. The maximum atomic E-state index is 12.9. The number of aliphatic hydroxyl groups is 1. The highest BCUT2D eigenvalue weighted by Gasteiger charge is 2.06. The molecule has 0 aliphatic rings. The van der Waals surface area contributed by atoms with Gasteiger partial charge in [0.1, 0.15) is 5.82 Å². The van der Waals surface area contributed by atoms with E-state index in [1.807, 2.05) is 0 Å². The summed E-state index contributed by atoms with van der Waals surface area (Å²) >= 11 is 1.69. The van der Waals surface area contributed by atoms with Crippen molar-refractivity contribution in [3.63, 3.8) is 0 Å². The Balaban J connectivity index is 2.67. The fourth-order valence-corrected chi connectivity index (χ4v) is 2.34. The minimum absolute atomic E-state index is 0.0966. The van der Waals surface area contributed by atoms with Crippen LogP contribution >= 0.6 is 11.8 Å². The molecule has 3 heteroatoms. The van der Waals surface area contributed by atoms with E-state index >= 15 is 0 Å². The smallest absolute Gasteiger partial charge is 0.123 e. The van der Waals surface area contributed by atoms with E-state index in [1.54, 1.807) is 17.8 Å². The van der Waals surface area contributed by atoms with Crippen molar-refractivity contribution in [2.75, 3.05) is 5.75 Å². The lowest BCUT2D eigenvalue weighted by Crippen LogP contribution is -1.97. The molecule has 1 nitrogen and oxygen atoms in total. The summed E-state index contributed by atoms with van der Waals surface area (Å²) in [5.41, 5.74) is 0.684. The molecule has 1 N–H and O–H groups in total. The van der Waals surface area contributed by atoms with Gasteiger partial charge in [-0.25, -0.2) is 4.39 Å². The van der Waals surface area contributed by atoms with Crippen LogP contribution in [0.15, 0.2) is 23.1 Å². The number of halogens is 1. The van der Waals surface area contributed by atoms with Crippen LogP contribution in [0.3, 0.4) is 0 Å². The Morgan fingerprint density at radius 2 is 2.20 bits per heavy atom. The highest BCUT2D eigenvalue weighted by Crippen LogP contribution is 2.26. The minimum atomic E-state index is -0.285. The first-order valence-corrected chi connectivity index (χ1v) is 6.18. The van der Waals surface area contributed by atoms with Gasteiger partial charge in [-0.1, -0.05) is 20.3 Å². The first-order chi connectivity index (χ1) is 7.17. The molecule has 1 unspecified atom stereocenters. The number of hydrogen-bond donors (Lipinski definition) is 1. The summed E-state index contributed by atoms with van der Waals surface area (Å²) in [5.74, 6) is 1.37. The predicted molar refractivity (Wildman–Crippen MR) is 62.5 cm³/mol. The maximum Gasteiger partial charge on any atom is 0.123 e. The molecule has 1 atom stereocenters. The van der Waals surface area contributed by atoms with Crippen LogP contribution in [-0.4, -0.2) is 10.9 Å². The van der Waals surface area contributed by atoms with Crippen molar-refractivity contribution >= 4 is 11.8 Å². The van der Waals surface area contributed by atoms with E-state index in [0.717, 1.165) is 17.1 Å². The van der Waals surface area contributed by atoms with Crippen molar-refractivity contribution in [1.82, 2.24) is 0 Å². The minimum Gasteiger partial charge on any atom is -0.392 e. The summed E-state index contributed by atoms with van der Waals surface area (Å²) in [7, 11) is 0. The fourth-order valence-electron chi connectivity index (χ4n) is 1.16. The van der Waals surface area contributed by atoms with E-state index in [-0.39, 0.29) is 12.4 Å². The SMILES string of the molecule is CCC(C)CSc1ccc(F)cc1CO. The Morgan fingerprint density at radius 3 is 2.80 bits per heavy atom. The average molecular weight is 228 g/mol. The van der Waals surface area contributed by atoms with Crippen molar-refractivity contribution in [1.29, 1.82) is 0 Å². The summed E-state index contributed by atoms with van der Waals surface area (Å²) in [6, 6.07) is 4.59. The predicted octanol–water partition coefficient (Wildman–Crippen LogP) is 3.46. The highest BCUT2D eigenvalue weighted by molar-refractivity contribution is 7.99. The molecule has 0 bridgehead atoms. The molecule has 0 amide bonds. The molecule has 0 saturated carbocycles. The Hall–Kier alpha value is -0.540. The number of thioether (sulfide) groups is 1. The molecule has 0 spiro atoms. The van der Waals surface area contributed by atoms with E-state index in [4.69, 9.17) is 5.11 Å². The van der Waals surface area contributed by atoms with Crippen LogP contribution in [0.5, 0.6) is 0 Å². The van der Waals surface area contributed by atoms with Gasteiger partial charge < -0.3 is 5.11 Å². The van der Waals surface area contributed by atoms with Crippen molar-refractivity contribution < 1.29 is 9.50 Å². The summed E-state index contributed by atoms with van der Waals surface area (Å²) < 4.78 is 12.9. The van der Waals surface area contributed by atoms with E-state index in [0.29, 0.717) is 11.5 Å². The summed E-state index contributed by atoms with van der Waals surface area (Å²) in [6.45, 7) is 4.25. The van der Waals surface area contributed by atoms with E-state index in [9.17, 15) is 4.39 Å². The van der Waals surface area contributed by atoms with E-state index in [1.165, 1.54) is 12.1 Å². The van der Waals surface area contributed by atoms with Gasteiger partial charge in [0.2, 0.25) is 0 Å². The number of benzene rings is 1. The molecule has 0 radical (unpaired) electrons. The largest absolute Gasteiger partial charge is 0.392 e. The van der Waals surface area contributed by atoms with Gasteiger partial charge in [-0.15, -0.1) is 11.8 Å². The van der Waals surface area contributed by atoms with Crippen molar-refractivity contribution in [3.05, 3.63) is 29.6 Å². The van der Waals surface area contributed by atoms with Crippen LogP contribution in [0.25, 0.3) is 0 Å². The Bertz CT molecular complexity index is 314. The van der Waals surface area contributed by atoms with Crippen LogP contribution in [0, 0.1) is 11.7 Å². The molecule has 0 heterocycles. The number of rotatable bonds is 5. The monoisotopic (exact) mass is 228 g/mol. The lowest BCUT2D eigenvalue weighted by atomic mass is 10.2. The normalized spacial score (nSPS) is 12.8. The third-order valence-electron chi connectivity index (χ3n) is 2.41. The van der Waals surface area contributed by atoms with E-state index in [2.05, 4.69) is 13.8 Å². The molecular weight excluding hydrogens is 211 g/mol. The Kier molecular flexibility index (Phi) is 5.12. The molecule has 1 aromatic carbocycles. The Labute approximate surface area is 94.7 Å². The zero-order valence-electron chi connectivity index (χ0n) is 9.16. The molecule has 84 valence electrons. The second kappa shape index (κ2) is 6.13. The summed E-state index contributed by atoms with van der Waals surface area (Å²) in [6.07, 6.45) is 1.14. The molecule has 0 aliphatic heterocycles. The first kappa shape index (κ1) is 12.5.